The molecule has 0 saturated carbocycles. The number of aryl methyl sites for hydroxylation is 1. The van der Waals surface area contributed by atoms with Gasteiger partial charge in [0.1, 0.15) is 13.2 Å². The van der Waals surface area contributed by atoms with Crippen molar-refractivity contribution in [3.63, 3.8) is 0 Å². The quantitative estimate of drug-likeness (QED) is 0.766. The van der Waals surface area contributed by atoms with Gasteiger partial charge in [0.05, 0.1) is 6.20 Å². The molecule has 1 aromatic heterocycles. The maximum Gasteiger partial charge on any atom is 0.251 e. The van der Waals surface area contributed by atoms with Crippen LogP contribution >= 0.6 is 0 Å². The van der Waals surface area contributed by atoms with E-state index in [1.165, 1.54) is 5.56 Å². The molecule has 0 saturated heterocycles. The topological polar surface area (TPSA) is 72.4 Å². The highest BCUT2D eigenvalue weighted by Gasteiger charge is 2.20. The van der Waals surface area contributed by atoms with Gasteiger partial charge in [-0.2, -0.15) is 10.1 Å². The van der Waals surface area contributed by atoms with Crippen molar-refractivity contribution in [1.82, 2.24) is 15.2 Å². The first-order valence-corrected chi connectivity index (χ1v) is 9.09. The van der Waals surface area contributed by atoms with Crippen molar-refractivity contribution < 1.29 is 9.47 Å². The molecule has 0 amide bonds. The Morgan fingerprint density at radius 1 is 1.00 bits per heavy atom. The standard InChI is InChI=1S/C20H19N5O2/c1-2-6-16-14(4-1)5-3-9-25(16)20-23-19(13-21-24-20)22-15-7-8-17-18(12-15)27-11-10-26-17/h1-2,4,6-8,12-13H,3,5,9-11H2,(H,22,23,24). The number of nitrogens with one attached hydrogen (secondary N) is 1. The first-order chi connectivity index (χ1) is 13.4. The minimum atomic E-state index is 0.560. The molecular weight excluding hydrogens is 342 g/mol. The van der Waals surface area contributed by atoms with Gasteiger partial charge >= 0.3 is 0 Å². The van der Waals surface area contributed by atoms with Crippen LogP contribution in [0.4, 0.5) is 23.1 Å². The van der Waals surface area contributed by atoms with Crippen LogP contribution in [0.2, 0.25) is 0 Å². The lowest BCUT2D eigenvalue weighted by Gasteiger charge is -2.29. The molecule has 0 aliphatic carbocycles. The fourth-order valence-corrected chi connectivity index (χ4v) is 3.48. The molecule has 0 unspecified atom stereocenters. The number of hydrogen-bond acceptors (Lipinski definition) is 7. The molecule has 2 aromatic carbocycles. The monoisotopic (exact) mass is 361 g/mol. The van der Waals surface area contributed by atoms with Crippen LogP contribution in [0.3, 0.4) is 0 Å². The largest absolute Gasteiger partial charge is 0.486 e. The zero-order valence-corrected chi connectivity index (χ0v) is 14.8. The first kappa shape index (κ1) is 15.9. The number of fused-ring (bicyclic) bond motifs is 2. The fraction of sp³-hybridized carbons (Fsp3) is 0.250. The highest BCUT2D eigenvalue weighted by atomic mass is 16.6. The molecule has 0 bridgehead atoms. The lowest BCUT2D eigenvalue weighted by Crippen LogP contribution is -2.26. The van der Waals surface area contributed by atoms with Crippen LogP contribution in [0.5, 0.6) is 11.5 Å². The molecule has 0 spiro atoms. The van der Waals surface area contributed by atoms with Gasteiger partial charge in [0.15, 0.2) is 17.3 Å². The zero-order valence-electron chi connectivity index (χ0n) is 14.8. The van der Waals surface area contributed by atoms with Crippen molar-refractivity contribution >= 4 is 23.1 Å². The molecule has 7 nitrogen and oxygen atoms in total. The van der Waals surface area contributed by atoms with E-state index in [0.717, 1.165) is 42.3 Å². The molecule has 2 aliphatic heterocycles. The Morgan fingerprint density at radius 3 is 2.85 bits per heavy atom. The molecule has 1 N–H and O–H groups in total. The maximum absolute atomic E-state index is 5.64. The summed E-state index contributed by atoms with van der Waals surface area (Å²) in [7, 11) is 0. The number of para-hydroxylation sites is 1. The minimum absolute atomic E-state index is 0.560. The van der Waals surface area contributed by atoms with E-state index >= 15 is 0 Å². The molecule has 3 heterocycles. The Kier molecular flexibility index (Phi) is 3.97. The van der Waals surface area contributed by atoms with Crippen LogP contribution in [-0.2, 0) is 6.42 Å². The maximum atomic E-state index is 5.64. The zero-order chi connectivity index (χ0) is 18.1. The van der Waals surface area contributed by atoms with E-state index in [0.29, 0.717) is 25.0 Å². The second kappa shape index (κ2) is 6.75. The van der Waals surface area contributed by atoms with Crippen molar-refractivity contribution in [2.75, 3.05) is 30.0 Å². The van der Waals surface area contributed by atoms with Crippen LogP contribution in [-0.4, -0.2) is 34.9 Å². The minimum Gasteiger partial charge on any atom is -0.486 e. The predicted molar refractivity (Wildman–Crippen MR) is 102 cm³/mol. The average molecular weight is 361 g/mol. The molecule has 0 atom stereocenters. The number of hydrogen-bond donors (Lipinski definition) is 1. The molecule has 0 radical (unpaired) electrons. The summed E-state index contributed by atoms with van der Waals surface area (Å²) in [6.07, 6.45) is 3.77. The predicted octanol–water partition coefficient (Wildman–Crippen LogP) is 3.47. The summed E-state index contributed by atoms with van der Waals surface area (Å²) in [4.78, 5) is 6.80. The lowest BCUT2D eigenvalue weighted by molar-refractivity contribution is 0.171. The van der Waals surface area contributed by atoms with Gasteiger partial charge in [0.25, 0.3) is 5.95 Å². The van der Waals surface area contributed by atoms with Crippen LogP contribution in [0.25, 0.3) is 0 Å². The van der Waals surface area contributed by atoms with E-state index in [-0.39, 0.29) is 0 Å². The van der Waals surface area contributed by atoms with E-state index in [1.807, 2.05) is 24.3 Å². The number of benzene rings is 2. The van der Waals surface area contributed by atoms with Crippen LogP contribution < -0.4 is 19.7 Å². The van der Waals surface area contributed by atoms with Gasteiger partial charge in [-0.25, -0.2) is 0 Å². The van der Waals surface area contributed by atoms with Crippen molar-refractivity contribution in [2.45, 2.75) is 12.8 Å². The summed E-state index contributed by atoms with van der Waals surface area (Å²) in [5.41, 5.74) is 3.34. The van der Waals surface area contributed by atoms with Crippen LogP contribution in [0, 0.1) is 0 Å². The Labute approximate surface area is 157 Å². The molecule has 7 heteroatoms. The Morgan fingerprint density at radius 2 is 1.89 bits per heavy atom. The number of aromatic nitrogens is 3. The van der Waals surface area contributed by atoms with Gasteiger partial charge < -0.3 is 19.7 Å². The van der Waals surface area contributed by atoms with E-state index in [1.54, 1.807) is 6.20 Å². The van der Waals surface area contributed by atoms with E-state index < -0.39 is 0 Å². The Balaban J connectivity index is 1.42. The van der Waals surface area contributed by atoms with E-state index in [9.17, 15) is 0 Å². The molecule has 0 fully saturated rings. The number of anilines is 4. The van der Waals surface area contributed by atoms with E-state index in [4.69, 9.17) is 9.47 Å². The molecule has 27 heavy (non-hydrogen) atoms. The van der Waals surface area contributed by atoms with Crippen molar-refractivity contribution in [3.8, 4) is 11.5 Å². The number of ether oxygens (including phenoxy) is 2. The fourth-order valence-electron chi connectivity index (χ4n) is 3.48. The molecule has 136 valence electrons. The third-order valence-electron chi connectivity index (χ3n) is 4.71. The smallest absolute Gasteiger partial charge is 0.251 e. The normalized spacial score (nSPS) is 15.2. The number of rotatable bonds is 3. The summed E-state index contributed by atoms with van der Waals surface area (Å²) >= 11 is 0. The van der Waals surface area contributed by atoms with Crippen LogP contribution in [0.1, 0.15) is 12.0 Å². The van der Waals surface area contributed by atoms with Gasteiger partial charge in [-0.1, -0.05) is 18.2 Å². The SMILES string of the molecule is c1ccc2c(c1)CCCN2c1nncc(Nc2ccc3c(c2)OCCO3)n1. The Bertz CT molecular complexity index is 978. The molecule has 5 rings (SSSR count). The summed E-state index contributed by atoms with van der Waals surface area (Å²) in [5.74, 6) is 2.74. The third kappa shape index (κ3) is 3.12. The first-order valence-electron chi connectivity index (χ1n) is 9.09. The van der Waals surface area contributed by atoms with E-state index in [2.05, 4.69) is 43.6 Å². The van der Waals surface area contributed by atoms with Crippen molar-refractivity contribution in [1.29, 1.82) is 0 Å². The summed E-state index contributed by atoms with van der Waals surface area (Å²) in [5, 5.41) is 11.7. The van der Waals surface area contributed by atoms with Gasteiger partial charge in [0, 0.05) is 24.0 Å². The summed E-state index contributed by atoms with van der Waals surface area (Å²) < 4.78 is 11.2. The van der Waals surface area contributed by atoms with Crippen molar-refractivity contribution in [3.05, 3.63) is 54.2 Å². The highest BCUT2D eigenvalue weighted by molar-refractivity contribution is 5.65. The third-order valence-corrected chi connectivity index (χ3v) is 4.71. The Hall–Kier alpha value is -3.35. The summed E-state index contributed by atoms with van der Waals surface area (Å²) in [6, 6.07) is 14.1. The number of nitrogens with zero attached hydrogens (tertiary/aromatic N) is 4. The molecular formula is C20H19N5O2. The highest BCUT2D eigenvalue weighted by Crippen LogP contribution is 2.34. The van der Waals surface area contributed by atoms with Crippen LogP contribution in [0.15, 0.2) is 48.7 Å². The molecule has 3 aromatic rings. The van der Waals surface area contributed by atoms with Gasteiger partial charge in [-0.05, 0) is 36.6 Å². The second-order valence-corrected chi connectivity index (χ2v) is 6.51. The average Bonchev–Trinajstić information content (AvgIpc) is 2.73. The lowest BCUT2D eigenvalue weighted by atomic mass is 10.0. The van der Waals surface area contributed by atoms with Gasteiger partial charge in [-0.3, -0.25) is 0 Å². The van der Waals surface area contributed by atoms with Crippen molar-refractivity contribution in [2.24, 2.45) is 0 Å². The van der Waals surface area contributed by atoms with Gasteiger partial charge in [0.2, 0.25) is 0 Å². The summed E-state index contributed by atoms with van der Waals surface area (Å²) in [6.45, 7) is 2.02. The van der Waals surface area contributed by atoms with Gasteiger partial charge in [-0.15, -0.1) is 5.10 Å². The second-order valence-electron chi connectivity index (χ2n) is 6.51. The molecule has 2 aliphatic rings.